The fourth-order valence-corrected chi connectivity index (χ4v) is 1.80. The van der Waals surface area contributed by atoms with E-state index in [2.05, 4.69) is 22.3 Å². The van der Waals surface area contributed by atoms with Crippen molar-refractivity contribution in [3.05, 3.63) is 53.7 Å². The highest BCUT2D eigenvalue weighted by Gasteiger charge is 2.08. The van der Waals surface area contributed by atoms with Gasteiger partial charge in [-0.05, 0) is 24.1 Å². The van der Waals surface area contributed by atoms with Gasteiger partial charge >= 0.3 is 0 Å². The van der Waals surface area contributed by atoms with Crippen LogP contribution < -0.4 is 4.90 Å². The number of aliphatic hydroxyl groups excluding tert-OH is 1. The first kappa shape index (κ1) is 12.5. The minimum absolute atomic E-state index is 0.0997. The minimum atomic E-state index is 0.0997. The molecule has 0 saturated carbocycles. The second-order valence-electron chi connectivity index (χ2n) is 4.22. The average Bonchev–Trinajstić information content (AvgIpc) is 2.39. The van der Waals surface area contributed by atoms with Gasteiger partial charge in [-0.3, -0.25) is 0 Å². The van der Waals surface area contributed by atoms with E-state index in [0.29, 0.717) is 6.54 Å². The lowest BCUT2D eigenvalue weighted by atomic mass is 10.2. The summed E-state index contributed by atoms with van der Waals surface area (Å²) in [4.78, 5) is 2.02. The molecule has 1 heterocycles. The van der Waals surface area contributed by atoms with Crippen LogP contribution >= 0.6 is 0 Å². The van der Waals surface area contributed by atoms with E-state index in [1.54, 1.807) is 6.20 Å². The highest BCUT2D eigenvalue weighted by atomic mass is 16.3. The van der Waals surface area contributed by atoms with Crippen molar-refractivity contribution in [2.24, 2.45) is 0 Å². The summed E-state index contributed by atoms with van der Waals surface area (Å²) in [6.07, 6.45) is 1.73. The van der Waals surface area contributed by atoms with Crippen LogP contribution in [0.4, 0.5) is 5.82 Å². The predicted molar refractivity (Wildman–Crippen MR) is 71.3 cm³/mol. The van der Waals surface area contributed by atoms with E-state index in [1.807, 2.05) is 36.1 Å². The first-order chi connectivity index (χ1) is 8.79. The van der Waals surface area contributed by atoms with E-state index in [9.17, 15) is 0 Å². The van der Waals surface area contributed by atoms with Crippen LogP contribution in [0.2, 0.25) is 0 Å². The van der Waals surface area contributed by atoms with Gasteiger partial charge in [-0.15, -0.1) is 5.10 Å². The first-order valence-electron chi connectivity index (χ1n) is 5.98. The Bertz CT molecular complexity index is 487. The van der Waals surface area contributed by atoms with Gasteiger partial charge in [0.2, 0.25) is 0 Å². The molecule has 4 heteroatoms. The summed E-state index contributed by atoms with van der Waals surface area (Å²) in [5.74, 6) is 0.799. The Balaban J connectivity index is 2.18. The Morgan fingerprint density at radius 3 is 2.67 bits per heavy atom. The maximum atomic E-state index is 9.16. The van der Waals surface area contributed by atoms with E-state index in [-0.39, 0.29) is 6.61 Å². The maximum Gasteiger partial charge on any atom is 0.151 e. The van der Waals surface area contributed by atoms with Crippen molar-refractivity contribution in [1.82, 2.24) is 10.2 Å². The van der Waals surface area contributed by atoms with Crippen LogP contribution in [0.1, 0.15) is 11.1 Å². The zero-order valence-corrected chi connectivity index (χ0v) is 10.5. The second kappa shape index (κ2) is 6.12. The smallest absolute Gasteiger partial charge is 0.151 e. The van der Waals surface area contributed by atoms with E-state index < -0.39 is 0 Å². The quantitative estimate of drug-likeness (QED) is 0.869. The molecule has 18 heavy (non-hydrogen) atoms. The number of hydrogen-bond donors (Lipinski definition) is 1. The minimum Gasteiger partial charge on any atom is -0.395 e. The van der Waals surface area contributed by atoms with E-state index in [1.165, 1.54) is 5.56 Å². The summed E-state index contributed by atoms with van der Waals surface area (Å²) < 4.78 is 0. The van der Waals surface area contributed by atoms with E-state index in [0.717, 1.165) is 17.9 Å². The van der Waals surface area contributed by atoms with Crippen molar-refractivity contribution in [3.63, 3.8) is 0 Å². The first-order valence-corrected chi connectivity index (χ1v) is 5.98. The highest BCUT2D eigenvalue weighted by Crippen LogP contribution is 2.14. The van der Waals surface area contributed by atoms with Crippen molar-refractivity contribution >= 4 is 5.82 Å². The summed E-state index contributed by atoms with van der Waals surface area (Å²) in [6.45, 7) is 3.35. The van der Waals surface area contributed by atoms with Gasteiger partial charge in [0.1, 0.15) is 0 Å². The van der Waals surface area contributed by atoms with Crippen molar-refractivity contribution in [3.8, 4) is 0 Å². The van der Waals surface area contributed by atoms with Crippen molar-refractivity contribution < 1.29 is 5.11 Å². The van der Waals surface area contributed by atoms with Crippen molar-refractivity contribution in [1.29, 1.82) is 0 Å². The summed E-state index contributed by atoms with van der Waals surface area (Å²) in [5.41, 5.74) is 2.25. The lowest BCUT2D eigenvalue weighted by molar-refractivity contribution is 0.301. The monoisotopic (exact) mass is 243 g/mol. The zero-order valence-electron chi connectivity index (χ0n) is 10.5. The molecule has 0 fully saturated rings. The zero-order chi connectivity index (χ0) is 12.8. The molecule has 0 atom stereocenters. The topological polar surface area (TPSA) is 49.2 Å². The van der Waals surface area contributed by atoms with Gasteiger partial charge in [0, 0.05) is 13.1 Å². The molecule has 1 aromatic carbocycles. The Kier molecular flexibility index (Phi) is 4.25. The number of nitrogens with zero attached hydrogens (tertiary/aromatic N) is 3. The maximum absolute atomic E-state index is 9.16. The number of aryl methyl sites for hydroxylation is 1. The van der Waals surface area contributed by atoms with Gasteiger partial charge in [-0.2, -0.15) is 5.10 Å². The molecule has 0 spiro atoms. The molecule has 1 aromatic heterocycles. The lowest BCUT2D eigenvalue weighted by Gasteiger charge is -2.22. The molecular formula is C14H17N3O. The van der Waals surface area contributed by atoms with Gasteiger partial charge in [0.05, 0.1) is 12.8 Å². The van der Waals surface area contributed by atoms with Gasteiger partial charge in [-0.1, -0.05) is 30.3 Å². The van der Waals surface area contributed by atoms with Crippen LogP contribution in [0.25, 0.3) is 0 Å². The number of benzene rings is 1. The third-order valence-electron chi connectivity index (χ3n) is 2.69. The van der Waals surface area contributed by atoms with Crippen molar-refractivity contribution in [2.75, 3.05) is 18.1 Å². The number of hydrogen-bond acceptors (Lipinski definition) is 4. The van der Waals surface area contributed by atoms with Gasteiger partial charge in [0.15, 0.2) is 5.82 Å². The molecule has 0 unspecified atom stereocenters. The molecule has 94 valence electrons. The van der Waals surface area contributed by atoms with Crippen LogP contribution in [0, 0.1) is 6.92 Å². The fourth-order valence-electron chi connectivity index (χ4n) is 1.80. The number of aromatic nitrogens is 2. The molecule has 0 radical (unpaired) electrons. The summed E-state index contributed by atoms with van der Waals surface area (Å²) in [6, 6.07) is 12.1. The predicted octanol–water partition coefficient (Wildman–Crippen LogP) is 1.78. The molecule has 4 nitrogen and oxygen atoms in total. The van der Waals surface area contributed by atoms with Crippen LogP contribution in [-0.4, -0.2) is 28.5 Å². The summed E-state index contributed by atoms with van der Waals surface area (Å²) in [7, 11) is 0. The Morgan fingerprint density at radius 1 is 1.22 bits per heavy atom. The SMILES string of the molecule is Cc1cnnc(N(CCO)Cc2ccccc2)c1. The summed E-state index contributed by atoms with van der Waals surface area (Å²) >= 11 is 0. The largest absolute Gasteiger partial charge is 0.395 e. The van der Waals surface area contributed by atoms with Crippen molar-refractivity contribution in [2.45, 2.75) is 13.5 Å². The fraction of sp³-hybridized carbons (Fsp3) is 0.286. The number of aliphatic hydroxyl groups is 1. The number of rotatable bonds is 5. The van der Waals surface area contributed by atoms with Gasteiger partial charge in [0.25, 0.3) is 0 Å². The normalized spacial score (nSPS) is 10.3. The molecule has 0 aliphatic heterocycles. The van der Waals surface area contributed by atoms with Crippen LogP contribution in [0.3, 0.4) is 0 Å². The number of anilines is 1. The third kappa shape index (κ3) is 3.28. The van der Waals surface area contributed by atoms with E-state index >= 15 is 0 Å². The molecule has 2 aromatic rings. The average molecular weight is 243 g/mol. The molecule has 0 saturated heterocycles. The van der Waals surface area contributed by atoms with Crippen LogP contribution in [0.15, 0.2) is 42.6 Å². The second-order valence-corrected chi connectivity index (χ2v) is 4.22. The molecule has 2 rings (SSSR count). The molecule has 0 aliphatic carbocycles. The highest BCUT2D eigenvalue weighted by molar-refractivity contribution is 5.40. The Hall–Kier alpha value is -1.94. The van der Waals surface area contributed by atoms with E-state index in [4.69, 9.17) is 5.11 Å². The summed E-state index contributed by atoms with van der Waals surface area (Å²) in [5, 5.41) is 17.2. The molecule has 0 bridgehead atoms. The Morgan fingerprint density at radius 2 is 2.00 bits per heavy atom. The van der Waals surface area contributed by atoms with Crippen LogP contribution in [0.5, 0.6) is 0 Å². The van der Waals surface area contributed by atoms with Gasteiger partial charge in [-0.25, -0.2) is 0 Å². The standard InChI is InChI=1S/C14H17N3O/c1-12-9-14(16-15-10-12)17(7-8-18)11-13-5-3-2-4-6-13/h2-6,9-10,18H,7-8,11H2,1H3. The third-order valence-corrected chi connectivity index (χ3v) is 2.69. The molecule has 0 aliphatic rings. The van der Waals surface area contributed by atoms with Gasteiger partial charge < -0.3 is 10.0 Å². The molecule has 0 amide bonds. The molecule has 1 N–H and O–H groups in total. The lowest BCUT2D eigenvalue weighted by Crippen LogP contribution is -2.27. The Labute approximate surface area is 107 Å². The molecular weight excluding hydrogens is 226 g/mol. The van der Waals surface area contributed by atoms with Crippen LogP contribution in [-0.2, 0) is 6.54 Å².